The second-order valence-corrected chi connectivity index (χ2v) is 5.57. The van der Waals surface area contributed by atoms with Crippen LogP contribution in [0.4, 0.5) is 17.5 Å². The zero-order valence-corrected chi connectivity index (χ0v) is 15.4. The molecule has 3 aromatic rings. The lowest BCUT2D eigenvalue weighted by Crippen LogP contribution is -2.06. The van der Waals surface area contributed by atoms with E-state index in [1.807, 2.05) is 42.5 Å². The molecule has 2 aromatic carbocycles. The highest BCUT2D eigenvalue weighted by Gasteiger charge is 2.06. The molecule has 0 aliphatic rings. The molecule has 27 heavy (non-hydrogen) atoms. The fourth-order valence-electron chi connectivity index (χ4n) is 2.45. The third-order valence-electron chi connectivity index (χ3n) is 3.81. The minimum atomic E-state index is 0.389. The molecule has 0 amide bonds. The van der Waals surface area contributed by atoms with E-state index in [1.54, 1.807) is 27.5 Å². The molecular weight excluding hydrogens is 346 g/mol. The summed E-state index contributed by atoms with van der Waals surface area (Å²) < 4.78 is 15.8. The van der Waals surface area contributed by atoms with Crippen LogP contribution in [0.2, 0.25) is 0 Å². The standard InChI is InChI=1S/C19H21N5O3/c1-25-15-6-4-5-14(10-15)22-19-23-18(12-21-24-19)20-11-13-7-8-16(26-2)17(9-13)27-3/h4-10,12H,11H2,1-3H3,(H2,20,22,23,24). The molecule has 0 unspecified atom stereocenters. The minimum absolute atomic E-state index is 0.389. The summed E-state index contributed by atoms with van der Waals surface area (Å²) in [4.78, 5) is 4.42. The first-order valence-corrected chi connectivity index (χ1v) is 8.27. The molecule has 3 rings (SSSR count). The van der Waals surface area contributed by atoms with Crippen LogP contribution in [0.1, 0.15) is 5.56 Å². The molecule has 8 heteroatoms. The summed E-state index contributed by atoms with van der Waals surface area (Å²) >= 11 is 0. The predicted molar refractivity (Wildman–Crippen MR) is 103 cm³/mol. The monoisotopic (exact) mass is 367 g/mol. The highest BCUT2D eigenvalue weighted by molar-refractivity contribution is 5.56. The number of anilines is 3. The molecule has 0 fully saturated rings. The molecule has 0 saturated heterocycles. The van der Waals surface area contributed by atoms with Gasteiger partial charge in [-0.25, -0.2) is 0 Å². The van der Waals surface area contributed by atoms with Gasteiger partial charge < -0.3 is 24.8 Å². The van der Waals surface area contributed by atoms with Crippen LogP contribution in [0.15, 0.2) is 48.7 Å². The van der Waals surface area contributed by atoms with Crippen molar-refractivity contribution >= 4 is 17.5 Å². The van der Waals surface area contributed by atoms with Gasteiger partial charge in [-0.05, 0) is 29.8 Å². The molecule has 0 radical (unpaired) electrons. The van der Waals surface area contributed by atoms with Gasteiger partial charge in [0.15, 0.2) is 17.3 Å². The Morgan fingerprint density at radius 3 is 2.56 bits per heavy atom. The molecule has 0 saturated carbocycles. The molecule has 0 bridgehead atoms. The Kier molecular flexibility index (Phi) is 5.88. The van der Waals surface area contributed by atoms with E-state index in [9.17, 15) is 0 Å². The number of nitrogens with zero attached hydrogens (tertiary/aromatic N) is 3. The van der Waals surface area contributed by atoms with Gasteiger partial charge in [-0.1, -0.05) is 12.1 Å². The van der Waals surface area contributed by atoms with Gasteiger partial charge in [-0.2, -0.15) is 10.1 Å². The number of nitrogens with one attached hydrogen (secondary N) is 2. The maximum absolute atomic E-state index is 5.32. The second-order valence-electron chi connectivity index (χ2n) is 5.57. The number of rotatable bonds is 8. The van der Waals surface area contributed by atoms with E-state index >= 15 is 0 Å². The van der Waals surface area contributed by atoms with Crippen molar-refractivity contribution < 1.29 is 14.2 Å². The molecule has 140 valence electrons. The Morgan fingerprint density at radius 2 is 1.78 bits per heavy atom. The summed E-state index contributed by atoms with van der Waals surface area (Å²) in [6.07, 6.45) is 1.57. The van der Waals surface area contributed by atoms with Crippen molar-refractivity contribution in [3.63, 3.8) is 0 Å². The molecule has 0 aliphatic heterocycles. The summed E-state index contributed by atoms with van der Waals surface area (Å²) in [6.45, 7) is 0.553. The molecule has 1 heterocycles. The minimum Gasteiger partial charge on any atom is -0.497 e. The maximum Gasteiger partial charge on any atom is 0.249 e. The first-order chi connectivity index (χ1) is 13.2. The largest absolute Gasteiger partial charge is 0.497 e. The Hall–Kier alpha value is -3.55. The summed E-state index contributed by atoms with van der Waals surface area (Å²) in [5, 5.41) is 14.3. The summed E-state index contributed by atoms with van der Waals surface area (Å²) in [6, 6.07) is 13.2. The van der Waals surface area contributed by atoms with Crippen LogP contribution in [0.5, 0.6) is 17.2 Å². The normalized spacial score (nSPS) is 10.2. The van der Waals surface area contributed by atoms with Gasteiger partial charge >= 0.3 is 0 Å². The van der Waals surface area contributed by atoms with Crippen LogP contribution in [0.3, 0.4) is 0 Å². The highest BCUT2D eigenvalue weighted by atomic mass is 16.5. The zero-order valence-electron chi connectivity index (χ0n) is 15.4. The molecule has 8 nitrogen and oxygen atoms in total. The van der Waals surface area contributed by atoms with Gasteiger partial charge in [0.1, 0.15) is 5.75 Å². The fourth-order valence-corrected chi connectivity index (χ4v) is 2.45. The Bertz CT molecular complexity index is 904. The second kappa shape index (κ2) is 8.70. The number of hydrogen-bond donors (Lipinski definition) is 2. The van der Waals surface area contributed by atoms with E-state index in [4.69, 9.17) is 14.2 Å². The first-order valence-electron chi connectivity index (χ1n) is 8.27. The van der Waals surface area contributed by atoms with E-state index in [0.717, 1.165) is 17.0 Å². The smallest absolute Gasteiger partial charge is 0.249 e. The quantitative estimate of drug-likeness (QED) is 0.627. The van der Waals surface area contributed by atoms with Crippen molar-refractivity contribution in [1.82, 2.24) is 15.2 Å². The van der Waals surface area contributed by atoms with Gasteiger partial charge in [-0.3, -0.25) is 0 Å². The van der Waals surface area contributed by atoms with Crippen molar-refractivity contribution in [2.75, 3.05) is 32.0 Å². The van der Waals surface area contributed by atoms with E-state index in [1.165, 1.54) is 0 Å². The van der Waals surface area contributed by atoms with Gasteiger partial charge in [0, 0.05) is 18.3 Å². The number of aromatic nitrogens is 3. The highest BCUT2D eigenvalue weighted by Crippen LogP contribution is 2.27. The van der Waals surface area contributed by atoms with Crippen molar-refractivity contribution in [3.8, 4) is 17.2 Å². The van der Waals surface area contributed by atoms with Crippen LogP contribution in [-0.2, 0) is 6.54 Å². The van der Waals surface area contributed by atoms with Crippen LogP contribution < -0.4 is 24.8 Å². The van der Waals surface area contributed by atoms with E-state index in [2.05, 4.69) is 25.8 Å². The van der Waals surface area contributed by atoms with E-state index in [-0.39, 0.29) is 0 Å². The average Bonchev–Trinajstić information content (AvgIpc) is 2.72. The lowest BCUT2D eigenvalue weighted by atomic mass is 10.2. The third-order valence-corrected chi connectivity index (χ3v) is 3.81. The SMILES string of the molecule is COc1cccc(Nc2nncc(NCc3ccc(OC)c(OC)c3)n2)c1. The average molecular weight is 367 g/mol. The Balaban J connectivity index is 1.67. The third kappa shape index (κ3) is 4.75. The Morgan fingerprint density at radius 1 is 0.926 bits per heavy atom. The predicted octanol–water partition coefficient (Wildman–Crippen LogP) is 3.25. The van der Waals surface area contributed by atoms with E-state index < -0.39 is 0 Å². The van der Waals surface area contributed by atoms with Gasteiger partial charge in [0.05, 0.1) is 27.5 Å². The Labute approximate surface area is 157 Å². The summed E-state index contributed by atoms with van der Waals surface area (Å²) in [5.74, 6) is 3.11. The van der Waals surface area contributed by atoms with Crippen molar-refractivity contribution in [3.05, 3.63) is 54.2 Å². The van der Waals surface area contributed by atoms with Crippen LogP contribution in [0.25, 0.3) is 0 Å². The maximum atomic E-state index is 5.32. The molecule has 1 aromatic heterocycles. The number of ether oxygens (including phenoxy) is 3. The van der Waals surface area contributed by atoms with Crippen LogP contribution >= 0.6 is 0 Å². The molecule has 2 N–H and O–H groups in total. The number of benzene rings is 2. The van der Waals surface area contributed by atoms with Crippen molar-refractivity contribution in [2.24, 2.45) is 0 Å². The van der Waals surface area contributed by atoms with Crippen LogP contribution in [0, 0.1) is 0 Å². The number of hydrogen-bond acceptors (Lipinski definition) is 8. The molecule has 0 atom stereocenters. The lowest BCUT2D eigenvalue weighted by Gasteiger charge is -2.11. The van der Waals surface area contributed by atoms with Gasteiger partial charge in [0.2, 0.25) is 5.95 Å². The topological polar surface area (TPSA) is 90.4 Å². The van der Waals surface area contributed by atoms with E-state index in [0.29, 0.717) is 29.8 Å². The zero-order chi connectivity index (χ0) is 19.1. The lowest BCUT2D eigenvalue weighted by molar-refractivity contribution is 0.354. The van der Waals surface area contributed by atoms with Crippen LogP contribution in [-0.4, -0.2) is 36.5 Å². The molecular formula is C19H21N5O3. The van der Waals surface area contributed by atoms with Crippen molar-refractivity contribution in [1.29, 1.82) is 0 Å². The summed E-state index contributed by atoms with van der Waals surface area (Å²) in [7, 11) is 4.84. The van der Waals surface area contributed by atoms with Gasteiger partial charge in [-0.15, -0.1) is 5.10 Å². The molecule has 0 spiro atoms. The fraction of sp³-hybridized carbons (Fsp3) is 0.211. The molecule has 0 aliphatic carbocycles. The number of methoxy groups -OCH3 is 3. The van der Waals surface area contributed by atoms with Crippen molar-refractivity contribution in [2.45, 2.75) is 6.54 Å². The first kappa shape index (κ1) is 18.2. The van der Waals surface area contributed by atoms with Gasteiger partial charge in [0.25, 0.3) is 0 Å². The summed E-state index contributed by atoms with van der Waals surface area (Å²) in [5.41, 5.74) is 1.83.